The van der Waals surface area contributed by atoms with Gasteiger partial charge in [0.05, 0.1) is 5.69 Å². The first-order valence-electron chi connectivity index (χ1n) is 6.09. The number of hydrogen-bond acceptors (Lipinski definition) is 4. The smallest absolute Gasteiger partial charge is 0.248 e. The fraction of sp³-hybridized carbons (Fsp3) is 0.231. The van der Waals surface area contributed by atoms with Gasteiger partial charge in [-0.2, -0.15) is 4.31 Å². The lowest BCUT2D eigenvalue weighted by Gasteiger charge is -2.26. The molecule has 0 spiro atoms. The number of rotatable bonds is 2. The van der Waals surface area contributed by atoms with Crippen LogP contribution in [-0.4, -0.2) is 19.3 Å². The van der Waals surface area contributed by atoms with E-state index < -0.39 is 20.7 Å². The summed E-state index contributed by atoms with van der Waals surface area (Å²) in [7, 11) is -3.91. The van der Waals surface area contributed by atoms with E-state index in [1.165, 1.54) is 21.3 Å². The summed E-state index contributed by atoms with van der Waals surface area (Å²) < 4.78 is 40.3. The highest BCUT2D eigenvalue weighted by Gasteiger charge is 2.32. The molecule has 1 aliphatic rings. The standard InChI is InChI=1S/C13H13FN2O2S2/c14-10-2-1-3-11(15)13(10)20(17,18)16-6-4-12-9(8-16)5-7-19-12/h1-3,5,7H,4,6,8,15H2. The van der Waals surface area contributed by atoms with Crippen LogP contribution in [0.1, 0.15) is 10.4 Å². The SMILES string of the molecule is Nc1cccc(F)c1S(=O)(=O)N1CCc2sccc2C1. The number of thiophene rings is 1. The summed E-state index contributed by atoms with van der Waals surface area (Å²) in [5.74, 6) is -0.805. The molecule has 0 radical (unpaired) electrons. The predicted octanol–water partition coefficient (Wildman–Crippen LogP) is 2.22. The second-order valence-corrected chi connectivity index (χ2v) is 7.49. The molecule has 1 aromatic carbocycles. The molecule has 7 heteroatoms. The van der Waals surface area contributed by atoms with Gasteiger partial charge in [-0.1, -0.05) is 6.07 Å². The van der Waals surface area contributed by atoms with Crippen molar-refractivity contribution >= 4 is 27.0 Å². The van der Waals surface area contributed by atoms with Gasteiger partial charge in [0.25, 0.3) is 0 Å². The van der Waals surface area contributed by atoms with Gasteiger partial charge in [0.2, 0.25) is 10.0 Å². The van der Waals surface area contributed by atoms with E-state index in [0.29, 0.717) is 13.0 Å². The van der Waals surface area contributed by atoms with E-state index in [1.807, 2.05) is 11.4 Å². The molecule has 2 aromatic rings. The summed E-state index contributed by atoms with van der Waals surface area (Å²) in [5.41, 5.74) is 6.58. The van der Waals surface area contributed by atoms with E-state index >= 15 is 0 Å². The van der Waals surface area contributed by atoms with E-state index in [4.69, 9.17) is 5.73 Å². The zero-order valence-electron chi connectivity index (χ0n) is 10.5. The van der Waals surface area contributed by atoms with Gasteiger partial charge < -0.3 is 5.73 Å². The number of nitrogens with zero attached hydrogens (tertiary/aromatic N) is 1. The Hall–Kier alpha value is -1.44. The summed E-state index contributed by atoms with van der Waals surface area (Å²) >= 11 is 1.62. The number of sulfonamides is 1. The normalized spacial score (nSPS) is 16.1. The Bertz CT molecular complexity index is 735. The Morgan fingerprint density at radius 2 is 2.10 bits per heavy atom. The van der Waals surface area contributed by atoms with Crippen molar-refractivity contribution in [2.75, 3.05) is 12.3 Å². The van der Waals surface area contributed by atoms with Crippen LogP contribution in [0.4, 0.5) is 10.1 Å². The molecule has 20 heavy (non-hydrogen) atoms. The average molecular weight is 312 g/mol. The van der Waals surface area contributed by atoms with Crippen molar-refractivity contribution < 1.29 is 12.8 Å². The molecule has 1 aliphatic heterocycles. The molecule has 0 atom stereocenters. The molecular weight excluding hydrogens is 299 g/mol. The summed E-state index contributed by atoms with van der Waals surface area (Å²) in [4.78, 5) is 0.775. The van der Waals surface area contributed by atoms with Gasteiger partial charge in [0.1, 0.15) is 10.7 Å². The zero-order chi connectivity index (χ0) is 14.3. The minimum atomic E-state index is -3.91. The fourth-order valence-electron chi connectivity index (χ4n) is 2.35. The lowest BCUT2D eigenvalue weighted by Crippen LogP contribution is -2.36. The maximum Gasteiger partial charge on any atom is 0.248 e. The summed E-state index contributed by atoms with van der Waals surface area (Å²) in [5, 5.41) is 1.94. The maximum absolute atomic E-state index is 13.9. The molecule has 0 saturated heterocycles. The van der Waals surface area contributed by atoms with Crippen LogP contribution in [0.5, 0.6) is 0 Å². The third kappa shape index (κ3) is 2.11. The van der Waals surface area contributed by atoms with Gasteiger partial charge >= 0.3 is 0 Å². The lowest BCUT2D eigenvalue weighted by atomic mass is 10.1. The Balaban J connectivity index is 2.02. The predicted molar refractivity (Wildman–Crippen MR) is 76.4 cm³/mol. The minimum Gasteiger partial charge on any atom is -0.398 e. The summed E-state index contributed by atoms with van der Waals surface area (Å²) in [6.45, 7) is 0.624. The number of anilines is 1. The van der Waals surface area contributed by atoms with Crippen LogP contribution in [0, 0.1) is 5.82 Å². The van der Waals surface area contributed by atoms with Gasteiger partial charge in [-0.15, -0.1) is 11.3 Å². The number of fused-ring (bicyclic) bond motifs is 1. The van der Waals surface area contributed by atoms with Crippen LogP contribution in [0.2, 0.25) is 0 Å². The van der Waals surface area contributed by atoms with Crippen LogP contribution in [0.15, 0.2) is 34.5 Å². The molecule has 0 fully saturated rings. The number of hydrogen-bond donors (Lipinski definition) is 1. The van der Waals surface area contributed by atoms with Crippen molar-refractivity contribution in [3.8, 4) is 0 Å². The Morgan fingerprint density at radius 1 is 1.30 bits per heavy atom. The van der Waals surface area contributed by atoms with E-state index in [2.05, 4.69) is 0 Å². The van der Waals surface area contributed by atoms with Crippen molar-refractivity contribution in [3.63, 3.8) is 0 Å². The van der Waals surface area contributed by atoms with Gasteiger partial charge in [-0.25, -0.2) is 12.8 Å². The quantitative estimate of drug-likeness (QED) is 0.865. The highest BCUT2D eigenvalue weighted by atomic mass is 32.2. The third-order valence-electron chi connectivity index (χ3n) is 3.37. The maximum atomic E-state index is 13.9. The Morgan fingerprint density at radius 3 is 2.85 bits per heavy atom. The average Bonchev–Trinajstić information content (AvgIpc) is 2.85. The monoisotopic (exact) mass is 312 g/mol. The molecule has 1 aromatic heterocycles. The highest BCUT2D eigenvalue weighted by Crippen LogP contribution is 2.31. The van der Waals surface area contributed by atoms with Gasteiger partial charge in [0, 0.05) is 18.0 Å². The first-order valence-corrected chi connectivity index (χ1v) is 8.41. The van der Waals surface area contributed by atoms with Crippen LogP contribution < -0.4 is 5.73 Å². The van der Waals surface area contributed by atoms with Crippen LogP contribution in [0.3, 0.4) is 0 Å². The molecule has 0 amide bonds. The first-order chi connectivity index (χ1) is 9.50. The lowest BCUT2D eigenvalue weighted by molar-refractivity contribution is 0.391. The molecule has 2 N–H and O–H groups in total. The van der Waals surface area contributed by atoms with E-state index in [9.17, 15) is 12.8 Å². The summed E-state index contributed by atoms with van der Waals surface area (Å²) in [6.07, 6.45) is 0.653. The van der Waals surface area contributed by atoms with E-state index in [1.54, 1.807) is 11.3 Å². The van der Waals surface area contributed by atoms with Gasteiger partial charge in [-0.3, -0.25) is 0 Å². The number of benzene rings is 1. The summed E-state index contributed by atoms with van der Waals surface area (Å²) in [6, 6.07) is 5.82. The van der Waals surface area contributed by atoms with Gasteiger partial charge in [-0.05, 0) is 35.6 Å². The first kappa shape index (κ1) is 13.5. The van der Waals surface area contributed by atoms with Crippen molar-refractivity contribution in [3.05, 3.63) is 45.9 Å². The molecule has 2 heterocycles. The van der Waals surface area contributed by atoms with Crippen molar-refractivity contribution in [2.45, 2.75) is 17.9 Å². The molecular formula is C13H13FN2O2S2. The Labute approximate surface area is 120 Å². The molecule has 0 bridgehead atoms. The number of halogens is 1. The second kappa shape index (κ2) is 4.83. The van der Waals surface area contributed by atoms with Crippen LogP contribution >= 0.6 is 11.3 Å². The van der Waals surface area contributed by atoms with Crippen LogP contribution in [-0.2, 0) is 23.0 Å². The molecule has 0 aliphatic carbocycles. The fourth-order valence-corrected chi connectivity index (χ4v) is 4.82. The van der Waals surface area contributed by atoms with Crippen molar-refractivity contribution in [2.24, 2.45) is 0 Å². The third-order valence-corrected chi connectivity index (χ3v) is 6.33. The van der Waals surface area contributed by atoms with Gasteiger partial charge in [0.15, 0.2) is 0 Å². The Kier molecular flexibility index (Phi) is 3.27. The number of nitrogens with two attached hydrogens (primary N) is 1. The highest BCUT2D eigenvalue weighted by molar-refractivity contribution is 7.89. The second-order valence-electron chi connectivity index (χ2n) is 4.62. The van der Waals surface area contributed by atoms with Crippen molar-refractivity contribution in [1.29, 1.82) is 0 Å². The van der Waals surface area contributed by atoms with Crippen molar-refractivity contribution in [1.82, 2.24) is 4.31 Å². The molecule has 106 valence electrons. The molecule has 0 saturated carbocycles. The topological polar surface area (TPSA) is 63.4 Å². The molecule has 4 nitrogen and oxygen atoms in total. The molecule has 3 rings (SSSR count). The minimum absolute atomic E-state index is 0.0545. The van der Waals surface area contributed by atoms with E-state index in [-0.39, 0.29) is 12.2 Å². The zero-order valence-corrected chi connectivity index (χ0v) is 12.2. The molecule has 0 unspecified atom stereocenters. The van der Waals surface area contributed by atoms with E-state index in [0.717, 1.165) is 11.6 Å². The van der Waals surface area contributed by atoms with Crippen LogP contribution in [0.25, 0.3) is 0 Å². The largest absolute Gasteiger partial charge is 0.398 e. The number of nitrogen functional groups attached to an aromatic ring is 1.